The molecule has 2 aromatic carbocycles. The lowest BCUT2D eigenvalue weighted by atomic mass is 9.78. The van der Waals surface area contributed by atoms with E-state index in [-0.39, 0.29) is 11.8 Å². The Hall–Kier alpha value is -2.53. The Morgan fingerprint density at radius 2 is 1.90 bits per heavy atom. The first-order chi connectivity index (χ1) is 14.1. The molecule has 0 unspecified atom stereocenters. The molecule has 2 aliphatic rings. The van der Waals surface area contributed by atoms with Gasteiger partial charge in [0.15, 0.2) is 0 Å². The van der Waals surface area contributed by atoms with Gasteiger partial charge in [0.25, 0.3) is 0 Å². The first-order valence-electron chi connectivity index (χ1n) is 10.2. The maximum absolute atomic E-state index is 13.2. The molecule has 4 rings (SSSR count). The van der Waals surface area contributed by atoms with Crippen molar-refractivity contribution < 1.29 is 9.59 Å². The first kappa shape index (κ1) is 19.8. The maximum atomic E-state index is 13.2. The Bertz CT molecular complexity index is 891. The van der Waals surface area contributed by atoms with Crippen LogP contribution in [0.25, 0.3) is 0 Å². The molecule has 2 aromatic rings. The van der Waals surface area contributed by atoms with Gasteiger partial charge in [0.05, 0.1) is 12.0 Å². The average molecular weight is 412 g/mol. The molecule has 5 nitrogen and oxygen atoms in total. The zero-order chi connectivity index (χ0) is 20.3. The molecule has 1 heterocycles. The van der Waals surface area contributed by atoms with Crippen LogP contribution in [0.5, 0.6) is 0 Å². The van der Waals surface area contributed by atoms with Gasteiger partial charge in [-0.3, -0.25) is 9.59 Å². The van der Waals surface area contributed by atoms with Gasteiger partial charge in [0.1, 0.15) is 0 Å². The van der Waals surface area contributed by atoms with Gasteiger partial charge in [-0.05, 0) is 48.2 Å². The van der Waals surface area contributed by atoms with Crippen molar-refractivity contribution in [2.24, 2.45) is 0 Å². The monoisotopic (exact) mass is 411 g/mol. The van der Waals surface area contributed by atoms with Gasteiger partial charge < -0.3 is 15.5 Å². The third-order valence-corrected chi connectivity index (χ3v) is 6.30. The van der Waals surface area contributed by atoms with Gasteiger partial charge in [0, 0.05) is 30.3 Å². The summed E-state index contributed by atoms with van der Waals surface area (Å²) < 4.78 is 0. The molecular formula is C23H26ClN3O2. The lowest BCUT2D eigenvalue weighted by Crippen LogP contribution is -2.47. The Labute approximate surface area is 176 Å². The fourth-order valence-electron chi connectivity index (χ4n) is 4.45. The second-order valence-electron chi connectivity index (χ2n) is 7.92. The van der Waals surface area contributed by atoms with Crippen molar-refractivity contribution in [2.45, 2.75) is 37.6 Å². The molecule has 152 valence electrons. The molecule has 2 fully saturated rings. The Balaban J connectivity index is 1.42. The van der Waals surface area contributed by atoms with Crippen LogP contribution in [0.15, 0.2) is 48.5 Å². The Morgan fingerprint density at radius 1 is 1.14 bits per heavy atom. The molecular weight excluding hydrogens is 386 g/mol. The minimum Gasteiger partial charge on any atom is -0.360 e. The zero-order valence-electron chi connectivity index (χ0n) is 16.4. The lowest BCUT2D eigenvalue weighted by Gasteiger charge is -2.29. The number of hydrogen-bond acceptors (Lipinski definition) is 3. The van der Waals surface area contributed by atoms with E-state index in [1.54, 1.807) is 0 Å². The summed E-state index contributed by atoms with van der Waals surface area (Å²) >= 11 is 6.19. The summed E-state index contributed by atoms with van der Waals surface area (Å²) in [7, 11) is 0. The summed E-state index contributed by atoms with van der Waals surface area (Å²) in [5.74, 6) is 0.129. The quantitative estimate of drug-likeness (QED) is 0.792. The molecule has 29 heavy (non-hydrogen) atoms. The van der Waals surface area contributed by atoms with Crippen LogP contribution in [0.4, 0.5) is 5.69 Å². The van der Waals surface area contributed by atoms with Crippen LogP contribution < -0.4 is 15.5 Å². The van der Waals surface area contributed by atoms with Crippen LogP contribution >= 0.6 is 11.6 Å². The first-order valence-corrected chi connectivity index (χ1v) is 10.6. The van der Waals surface area contributed by atoms with E-state index in [0.717, 1.165) is 49.0 Å². The summed E-state index contributed by atoms with van der Waals surface area (Å²) in [6.07, 6.45) is 3.82. The van der Waals surface area contributed by atoms with Gasteiger partial charge >= 0.3 is 0 Å². The van der Waals surface area contributed by atoms with Crippen molar-refractivity contribution in [1.29, 1.82) is 0 Å². The van der Waals surface area contributed by atoms with Crippen molar-refractivity contribution in [3.05, 3.63) is 64.7 Å². The smallest absolute Gasteiger partial charge is 0.239 e. The van der Waals surface area contributed by atoms with Crippen LogP contribution in [0.1, 0.15) is 36.8 Å². The number of anilines is 1. The maximum Gasteiger partial charge on any atom is 0.239 e. The predicted molar refractivity (Wildman–Crippen MR) is 115 cm³/mol. The van der Waals surface area contributed by atoms with E-state index in [9.17, 15) is 9.59 Å². The van der Waals surface area contributed by atoms with Crippen molar-refractivity contribution in [3.63, 3.8) is 0 Å². The second-order valence-corrected chi connectivity index (χ2v) is 8.36. The van der Waals surface area contributed by atoms with Gasteiger partial charge in [-0.25, -0.2) is 0 Å². The Kier molecular flexibility index (Phi) is 5.76. The third kappa shape index (κ3) is 4.25. The van der Waals surface area contributed by atoms with Gasteiger partial charge in [-0.2, -0.15) is 0 Å². The topological polar surface area (TPSA) is 61.4 Å². The third-order valence-electron chi connectivity index (χ3n) is 6.06. The summed E-state index contributed by atoms with van der Waals surface area (Å²) in [5.41, 5.74) is 2.61. The number of rotatable bonds is 5. The summed E-state index contributed by atoms with van der Waals surface area (Å²) in [5, 5.41) is 6.65. The number of amides is 2. The minimum atomic E-state index is -0.480. The van der Waals surface area contributed by atoms with Crippen LogP contribution in [0.3, 0.4) is 0 Å². The van der Waals surface area contributed by atoms with Crippen LogP contribution in [-0.4, -0.2) is 31.4 Å². The normalized spacial score (nSPS) is 18.4. The molecule has 0 spiro atoms. The molecule has 2 N–H and O–H groups in total. The average Bonchev–Trinajstić information content (AvgIpc) is 3.24. The fraction of sp³-hybridized carbons (Fsp3) is 0.391. The molecule has 0 aromatic heterocycles. The van der Waals surface area contributed by atoms with Crippen molar-refractivity contribution in [3.8, 4) is 0 Å². The van der Waals surface area contributed by atoms with E-state index in [1.165, 1.54) is 0 Å². The largest absolute Gasteiger partial charge is 0.360 e. The van der Waals surface area contributed by atoms with E-state index >= 15 is 0 Å². The highest BCUT2D eigenvalue weighted by molar-refractivity contribution is 6.30. The Morgan fingerprint density at radius 3 is 2.59 bits per heavy atom. The number of hydrogen-bond donors (Lipinski definition) is 2. The number of nitrogens with one attached hydrogen (secondary N) is 2. The van der Waals surface area contributed by atoms with Crippen molar-refractivity contribution in [2.75, 3.05) is 24.5 Å². The van der Waals surface area contributed by atoms with E-state index in [4.69, 9.17) is 11.6 Å². The molecule has 2 amide bonds. The van der Waals surface area contributed by atoms with Gasteiger partial charge in [0.2, 0.25) is 11.8 Å². The number of halogens is 1. The minimum absolute atomic E-state index is 0.0514. The number of piperazine rings is 1. The molecule has 1 saturated heterocycles. The van der Waals surface area contributed by atoms with E-state index in [0.29, 0.717) is 24.7 Å². The molecule has 1 saturated carbocycles. The summed E-state index contributed by atoms with van der Waals surface area (Å²) in [6, 6.07) is 15.8. The SMILES string of the molecule is O=C1CN(c2ccc(CNC(=O)C3(c4cccc(Cl)c4)CCCC3)cc2)CCN1. The molecule has 6 heteroatoms. The highest BCUT2D eigenvalue weighted by Gasteiger charge is 2.42. The van der Waals surface area contributed by atoms with Crippen LogP contribution in [-0.2, 0) is 21.5 Å². The number of nitrogens with zero attached hydrogens (tertiary/aromatic N) is 1. The number of benzene rings is 2. The van der Waals surface area contributed by atoms with E-state index < -0.39 is 5.41 Å². The van der Waals surface area contributed by atoms with Gasteiger partial charge in [-0.1, -0.05) is 48.7 Å². The fourth-order valence-corrected chi connectivity index (χ4v) is 4.64. The predicted octanol–water partition coefficient (Wildman–Crippen LogP) is 3.40. The molecule has 1 aliphatic carbocycles. The van der Waals surface area contributed by atoms with Crippen molar-refractivity contribution >= 4 is 29.1 Å². The highest BCUT2D eigenvalue weighted by atomic mass is 35.5. The van der Waals surface area contributed by atoms with Crippen LogP contribution in [0.2, 0.25) is 5.02 Å². The second kappa shape index (κ2) is 8.46. The number of carbonyl (C=O) groups is 2. The van der Waals surface area contributed by atoms with Crippen molar-refractivity contribution in [1.82, 2.24) is 10.6 Å². The summed E-state index contributed by atoms with van der Waals surface area (Å²) in [6.45, 7) is 2.35. The molecule has 0 atom stereocenters. The summed E-state index contributed by atoms with van der Waals surface area (Å²) in [4.78, 5) is 26.8. The van der Waals surface area contributed by atoms with Gasteiger partial charge in [-0.15, -0.1) is 0 Å². The lowest BCUT2D eigenvalue weighted by molar-refractivity contribution is -0.126. The number of carbonyl (C=O) groups excluding carboxylic acids is 2. The standard InChI is InChI=1S/C23H26ClN3O2/c24-19-5-3-4-18(14-19)23(10-1-2-11-23)22(29)26-15-17-6-8-20(9-7-17)27-13-12-25-21(28)16-27/h3-9,14H,1-2,10-13,15-16H2,(H,25,28)(H,26,29). The molecule has 1 aliphatic heterocycles. The van der Waals surface area contributed by atoms with Crippen LogP contribution in [0, 0.1) is 0 Å². The molecule has 0 radical (unpaired) electrons. The zero-order valence-corrected chi connectivity index (χ0v) is 17.2. The van der Waals surface area contributed by atoms with E-state index in [1.807, 2.05) is 48.5 Å². The van der Waals surface area contributed by atoms with E-state index in [2.05, 4.69) is 15.5 Å². The highest BCUT2D eigenvalue weighted by Crippen LogP contribution is 2.42. The molecule has 0 bridgehead atoms.